The molecule has 0 radical (unpaired) electrons. The van der Waals surface area contributed by atoms with E-state index in [-0.39, 0.29) is 18.1 Å². The van der Waals surface area contributed by atoms with Crippen LogP contribution < -0.4 is 0 Å². The van der Waals surface area contributed by atoms with Gasteiger partial charge in [0.25, 0.3) is 0 Å². The molecule has 2 aliphatic carbocycles. The molecule has 1 aliphatic heterocycles. The maximum atomic E-state index is 11.7. The summed E-state index contributed by atoms with van der Waals surface area (Å²) in [5.74, 6) is 1.89. The maximum absolute atomic E-state index is 11.7. The Hall–Kier alpha value is -0.870. The molecular weight excluding hydrogens is 230 g/mol. The fourth-order valence-electron chi connectivity index (χ4n) is 3.87. The summed E-state index contributed by atoms with van der Waals surface area (Å²) in [5, 5.41) is 9.76. The molecule has 3 aliphatic rings. The topological polar surface area (TPSA) is 49.8 Å². The first-order chi connectivity index (χ1) is 8.67. The van der Waals surface area contributed by atoms with Crippen LogP contribution in [-0.2, 0) is 9.53 Å². The molecular formula is C14H21NO3. The first kappa shape index (κ1) is 12.2. The lowest BCUT2D eigenvalue weighted by atomic mass is 9.93. The van der Waals surface area contributed by atoms with Crippen molar-refractivity contribution in [1.82, 2.24) is 4.90 Å². The summed E-state index contributed by atoms with van der Waals surface area (Å²) >= 11 is 0. The molecule has 2 fully saturated rings. The minimum absolute atomic E-state index is 0.203. The van der Waals surface area contributed by atoms with E-state index in [1.54, 1.807) is 0 Å². The van der Waals surface area contributed by atoms with Gasteiger partial charge in [-0.3, -0.25) is 9.69 Å². The molecule has 1 heterocycles. The number of carbonyl (C=O) groups excluding carboxylic acids is 1. The van der Waals surface area contributed by atoms with E-state index >= 15 is 0 Å². The summed E-state index contributed by atoms with van der Waals surface area (Å²) in [6.45, 7) is 1.53. The fraction of sp³-hybridized carbons (Fsp3) is 0.786. The fourth-order valence-corrected chi connectivity index (χ4v) is 3.87. The Morgan fingerprint density at radius 2 is 2.22 bits per heavy atom. The molecule has 1 N–H and O–H groups in total. The monoisotopic (exact) mass is 251 g/mol. The zero-order valence-corrected chi connectivity index (χ0v) is 10.8. The van der Waals surface area contributed by atoms with Crippen LogP contribution in [0.15, 0.2) is 12.2 Å². The highest BCUT2D eigenvalue weighted by Crippen LogP contribution is 2.44. The summed E-state index contributed by atoms with van der Waals surface area (Å²) in [6, 6.07) is -0.242. The normalized spacial score (nSPS) is 42.7. The maximum Gasteiger partial charge on any atom is 0.323 e. The third kappa shape index (κ3) is 2.08. The van der Waals surface area contributed by atoms with E-state index in [0.717, 1.165) is 12.5 Å². The second-order valence-electron chi connectivity index (χ2n) is 5.92. The number of carbonyl (C=O) groups is 1. The number of likely N-dealkylation sites (tertiary alicyclic amines) is 1. The van der Waals surface area contributed by atoms with Crippen LogP contribution >= 0.6 is 0 Å². The smallest absolute Gasteiger partial charge is 0.323 e. The summed E-state index contributed by atoms with van der Waals surface area (Å²) in [6.07, 6.45) is 7.31. The van der Waals surface area contributed by atoms with Crippen LogP contribution in [0, 0.1) is 17.8 Å². The number of aliphatic hydroxyl groups is 1. The minimum Gasteiger partial charge on any atom is -0.468 e. The van der Waals surface area contributed by atoms with E-state index in [1.165, 1.54) is 20.0 Å². The van der Waals surface area contributed by atoms with Crippen molar-refractivity contribution < 1.29 is 14.6 Å². The van der Waals surface area contributed by atoms with Crippen molar-refractivity contribution in [3.63, 3.8) is 0 Å². The molecule has 0 spiro atoms. The summed E-state index contributed by atoms with van der Waals surface area (Å²) in [7, 11) is 1.42. The first-order valence-electron chi connectivity index (χ1n) is 6.85. The number of ether oxygens (including phenoxy) is 1. The summed E-state index contributed by atoms with van der Waals surface area (Å²) in [5.41, 5.74) is 0. The van der Waals surface area contributed by atoms with E-state index < -0.39 is 0 Å². The summed E-state index contributed by atoms with van der Waals surface area (Å²) in [4.78, 5) is 13.8. The highest BCUT2D eigenvalue weighted by Gasteiger charge is 2.42. The molecule has 100 valence electrons. The van der Waals surface area contributed by atoms with Gasteiger partial charge < -0.3 is 9.84 Å². The van der Waals surface area contributed by atoms with Crippen LogP contribution in [-0.4, -0.2) is 48.3 Å². The Labute approximate surface area is 108 Å². The predicted octanol–water partition coefficient (Wildman–Crippen LogP) is 0.807. The molecule has 0 unspecified atom stereocenters. The van der Waals surface area contributed by atoms with Crippen LogP contribution in [0.2, 0.25) is 0 Å². The first-order valence-corrected chi connectivity index (χ1v) is 6.85. The molecule has 18 heavy (non-hydrogen) atoms. The molecule has 1 saturated heterocycles. The molecule has 5 atom stereocenters. The molecule has 0 amide bonds. The zero-order chi connectivity index (χ0) is 12.7. The van der Waals surface area contributed by atoms with E-state index in [1.807, 2.05) is 0 Å². The standard InChI is InChI=1S/C14H21NO3/c1-18-14(17)13-6-12(16)8-15(13)7-11-5-9-2-3-10(11)4-9/h2-3,9-13,16H,4-8H2,1H3/t9-,10-,11-,12-,13-/m0/s1. The molecule has 4 nitrogen and oxygen atoms in total. The average molecular weight is 251 g/mol. The summed E-state index contributed by atoms with van der Waals surface area (Å²) < 4.78 is 4.83. The van der Waals surface area contributed by atoms with Crippen molar-refractivity contribution >= 4 is 5.97 Å². The number of aliphatic hydroxyl groups excluding tert-OH is 1. The SMILES string of the molecule is COC(=O)[C@@H]1C[C@H](O)CN1C[C@@H]1C[C@H]2C=C[C@H]1C2. The number of rotatable bonds is 3. The highest BCUT2D eigenvalue weighted by atomic mass is 16.5. The molecule has 0 aromatic rings. The zero-order valence-electron chi connectivity index (χ0n) is 10.8. The number of nitrogens with zero attached hydrogens (tertiary/aromatic N) is 1. The quantitative estimate of drug-likeness (QED) is 0.595. The number of hydrogen-bond donors (Lipinski definition) is 1. The second-order valence-corrected chi connectivity index (χ2v) is 5.92. The number of allylic oxidation sites excluding steroid dienone is 2. The van der Waals surface area contributed by atoms with Crippen LogP contribution in [0.4, 0.5) is 0 Å². The Balaban J connectivity index is 1.64. The molecule has 1 saturated carbocycles. The Bertz CT molecular complexity index is 368. The lowest BCUT2D eigenvalue weighted by Crippen LogP contribution is -2.40. The lowest BCUT2D eigenvalue weighted by Gasteiger charge is -2.28. The third-order valence-corrected chi connectivity index (χ3v) is 4.74. The average Bonchev–Trinajstić information content (AvgIpc) is 3.04. The number of fused-ring (bicyclic) bond motifs is 2. The van der Waals surface area contributed by atoms with Crippen molar-refractivity contribution in [2.45, 2.75) is 31.4 Å². The second kappa shape index (κ2) is 4.67. The number of hydrogen-bond acceptors (Lipinski definition) is 4. The van der Waals surface area contributed by atoms with Gasteiger partial charge in [0.05, 0.1) is 13.2 Å². The van der Waals surface area contributed by atoms with Gasteiger partial charge in [-0.15, -0.1) is 0 Å². The van der Waals surface area contributed by atoms with Crippen LogP contribution in [0.3, 0.4) is 0 Å². The number of β-amino-alcohol motifs (C(OH)–C–C–N with tert-alkyl or cyclic N) is 1. The number of methoxy groups -OCH3 is 1. The largest absolute Gasteiger partial charge is 0.468 e. The van der Waals surface area contributed by atoms with Crippen LogP contribution in [0.5, 0.6) is 0 Å². The Morgan fingerprint density at radius 1 is 1.39 bits per heavy atom. The van der Waals surface area contributed by atoms with E-state index in [9.17, 15) is 9.90 Å². The third-order valence-electron chi connectivity index (χ3n) is 4.74. The van der Waals surface area contributed by atoms with Crippen molar-refractivity contribution in [3.8, 4) is 0 Å². The van der Waals surface area contributed by atoms with E-state index in [0.29, 0.717) is 24.8 Å². The van der Waals surface area contributed by atoms with Crippen molar-refractivity contribution in [2.24, 2.45) is 17.8 Å². The van der Waals surface area contributed by atoms with Gasteiger partial charge in [0, 0.05) is 19.5 Å². The van der Waals surface area contributed by atoms with Gasteiger partial charge in [-0.25, -0.2) is 0 Å². The van der Waals surface area contributed by atoms with Gasteiger partial charge >= 0.3 is 5.97 Å². The van der Waals surface area contributed by atoms with Crippen molar-refractivity contribution in [1.29, 1.82) is 0 Å². The molecule has 4 heteroatoms. The minimum atomic E-state index is -0.386. The number of esters is 1. The van der Waals surface area contributed by atoms with E-state index in [4.69, 9.17) is 4.74 Å². The van der Waals surface area contributed by atoms with Gasteiger partial charge in [-0.2, -0.15) is 0 Å². The molecule has 0 aromatic carbocycles. The van der Waals surface area contributed by atoms with Crippen LogP contribution in [0.1, 0.15) is 19.3 Å². The van der Waals surface area contributed by atoms with E-state index in [2.05, 4.69) is 17.1 Å². The van der Waals surface area contributed by atoms with Gasteiger partial charge in [-0.1, -0.05) is 12.2 Å². The lowest BCUT2D eigenvalue weighted by molar-refractivity contribution is -0.146. The van der Waals surface area contributed by atoms with Crippen molar-refractivity contribution in [2.75, 3.05) is 20.2 Å². The van der Waals surface area contributed by atoms with Crippen LogP contribution in [0.25, 0.3) is 0 Å². The van der Waals surface area contributed by atoms with Gasteiger partial charge in [0.2, 0.25) is 0 Å². The Morgan fingerprint density at radius 3 is 2.83 bits per heavy atom. The Kier molecular flexibility index (Phi) is 3.16. The van der Waals surface area contributed by atoms with Gasteiger partial charge in [0.15, 0.2) is 0 Å². The van der Waals surface area contributed by atoms with Gasteiger partial charge in [0.1, 0.15) is 6.04 Å². The van der Waals surface area contributed by atoms with Crippen molar-refractivity contribution in [3.05, 3.63) is 12.2 Å². The van der Waals surface area contributed by atoms with Gasteiger partial charge in [-0.05, 0) is 30.6 Å². The highest BCUT2D eigenvalue weighted by molar-refractivity contribution is 5.76. The molecule has 3 rings (SSSR count). The predicted molar refractivity (Wildman–Crippen MR) is 66.8 cm³/mol. The molecule has 2 bridgehead atoms. The molecule has 0 aromatic heterocycles.